The van der Waals surface area contributed by atoms with Gasteiger partial charge >= 0.3 is 0 Å². The molecule has 0 radical (unpaired) electrons. The fourth-order valence-corrected chi connectivity index (χ4v) is 3.68. The van der Waals surface area contributed by atoms with Gasteiger partial charge in [0.1, 0.15) is 5.75 Å². The van der Waals surface area contributed by atoms with Gasteiger partial charge in [0.2, 0.25) is 0 Å². The first-order valence-corrected chi connectivity index (χ1v) is 7.54. The van der Waals surface area contributed by atoms with E-state index in [0.717, 1.165) is 5.75 Å². The van der Waals surface area contributed by atoms with Crippen LogP contribution in [-0.2, 0) is 0 Å². The predicted octanol–water partition coefficient (Wildman–Crippen LogP) is 3.15. The van der Waals surface area contributed by atoms with Gasteiger partial charge in [-0.2, -0.15) is 0 Å². The van der Waals surface area contributed by atoms with Gasteiger partial charge in [0, 0.05) is 17.8 Å². The number of hydrogen-bond donors (Lipinski definition) is 1. The predicted molar refractivity (Wildman–Crippen MR) is 79.9 cm³/mol. The third-order valence-electron chi connectivity index (χ3n) is 4.90. The van der Waals surface area contributed by atoms with Gasteiger partial charge in [-0.15, -0.1) is 0 Å². The number of pyridine rings is 1. The zero-order valence-corrected chi connectivity index (χ0v) is 11.6. The average Bonchev–Trinajstić information content (AvgIpc) is 2.47. The minimum absolute atomic E-state index is 0.410. The van der Waals surface area contributed by atoms with E-state index >= 15 is 0 Å². The molecule has 3 nitrogen and oxygen atoms in total. The molecule has 1 spiro atoms. The van der Waals surface area contributed by atoms with Crippen molar-refractivity contribution in [1.29, 1.82) is 0 Å². The molecular formula is C17H20N2O. The van der Waals surface area contributed by atoms with E-state index in [0.29, 0.717) is 11.5 Å². The lowest BCUT2D eigenvalue weighted by molar-refractivity contribution is -0.0347. The number of aromatic nitrogens is 1. The van der Waals surface area contributed by atoms with Crippen molar-refractivity contribution in [2.75, 3.05) is 13.1 Å². The molecule has 0 amide bonds. The number of piperidine rings is 1. The summed E-state index contributed by atoms with van der Waals surface area (Å²) in [7, 11) is 0. The zero-order valence-electron chi connectivity index (χ0n) is 11.6. The third-order valence-corrected chi connectivity index (χ3v) is 4.90. The van der Waals surface area contributed by atoms with E-state index in [1.807, 2.05) is 18.5 Å². The molecule has 104 valence electrons. The van der Waals surface area contributed by atoms with E-state index < -0.39 is 0 Å². The largest absolute Gasteiger partial charge is 0.490 e. The second-order valence-electron chi connectivity index (χ2n) is 6.28. The van der Waals surface area contributed by atoms with Crippen molar-refractivity contribution in [1.82, 2.24) is 10.3 Å². The van der Waals surface area contributed by atoms with Crippen LogP contribution in [0.5, 0.6) is 5.75 Å². The highest BCUT2D eigenvalue weighted by molar-refractivity contribution is 5.82. The molecule has 2 heterocycles. The van der Waals surface area contributed by atoms with Crippen LogP contribution in [0.25, 0.3) is 10.8 Å². The van der Waals surface area contributed by atoms with Crippen LogP contribution in [0, 0.1) is 5.41 Å². The van der Waals surface area contributed by atoms with Crippen LogP contribution < -0.4 is 10.1 Å². The number of nitrogens with one attached hydrogen (secondary N) is 1. The molecule has 20 heavy (non-hydrogen) atoms. The molecule has 2 aliphatic rings. The summed E-state index contributed by atoms with van der Waals surface area (Å²) in [6.07, 6.45) is 9.22. The van der Waals surface area contributed by atoms with Gasteiger partial charge in [-0.05, 0) is 73.8 Å². The number of hydrogen-bond acceptors (Lipinski definition) is 3. The van der Waals surface area contributed by atoms with E-state index in [-0.39, 0.29) is 0 Å². The molecule has 2 fully saturated rings. The van der Waals surface area contributed by atoms with Crippen molar-refractivity contribution in [3.63, 3.8) is 0 Å². The van der Waals surface area contributed by atoms with E-state index in [4.69, 9.17) is 4.74 Å². The molecule has 0 bridgehead atoms. The molecule has 1 saturated heterocycles. The summed E-state index contributed by atoms with van der Waals surface area (Å²) in [4.78, 5) is 4.14. The molecule has 0 unspecified atom stereocenters. The van der Waals surface area contributed by atoms with Gasteiger partial charge < -0.3 is 10.1 Å². The van der Waals surface area contributed by atoms with Crippen molar-refractivity contribution in [3.05, 3.63) is 36.7 Å². The van der Waals surface area contributed by atoms with Gasteiger partial charge in [0.05, 0.1) is 6.10 Å². The lowest BCUT2D eigenvalue weighted by atomic mass is 9.62. The second kappa shape index (κ2) is 4.74. The average molecular weight is 268 g/mol. The molecular weight excluding hydrogens is 248 g/mol. The lowest BCUT2D eigenvalue weighted by Gasteiger charge is -2.49. The van der Waals surface area contributed by atoms with Gasteiger partial charge in [-0.3, -0.25) is 4.98 Å². The second-order valence-corrected chi connectivity index (χ2v) is 6.28. The Balaban J connectivity index is 1.44. The quantitative estimate of drug-likeness (QED) is 0.908. The Morgan fingerprint density at radius 2 is 1.95 bits per heavy atom. The minimum atomic E-state index is 0.410. The van der Waals surface area contributed by atoms with Crippen molar-refractivity contribution in [2.45, 2.75) is 31.8 Å². The number of benzene rings is 1. The highest BCUT2D eigenvalue weighted by Gasteiger charge is 2.45. The van der Waals surface area contributed by atoms with Crippen molar-refractivity contribution < 1.29 is 4.74 Å². The monoisotopic (exact) mass is 268 g/mol. The summed E-state index contributed by atoms with van der Waals surface area (Å²) in [6.45, 7) is 2.35. The van der Waals surface area contributed by atoms with E-state index in [9.17, 15) is 0 Å². The Kier molecular flexibility index (Phi) is 2.88. The summed E-state index contributed by atoms with van der Waals surface area (Å²) >= 11 is 0. The molecule has 1 N–H and O–H groups in total. The molecule has 1 aliphatic carbocycles. The first-order valence-electron chi connectivity index (χ1n) is 7.54. The van der Waals surface area contributed by atoms with Crippen molar-refractivity contribution in [2.24, 2.45) is 5.41 Å². The van der Waals surface area contributed by atoms with Crippen LogP contribution >= 0.6 is 0 Å². The summed E-state index contributed by atoms with van der Waals surface area (Å²) in [6, 6.07) is 8.33. The van der Waals surface area contributed by atoms with Crippen LogP contribution in [-0.4, -0.2) is 24.2 Å². The SMILES string of the molecule is c1cc2cc(OC3CC4(CCNCC4)C3)ccc2cn1. The molecule has 4 rings (SSSR count). The van der Waals surface area contributed by atoms with Crippen LogP contribution in [0.3, 0.4) is 0 Å². The van der Waals surface area contributed by atoms with E-state index in [2.05, 4.69) is 28.5 Å². The van der Waals surface area contributed by atoms with Gasteiger partial charge in [-0.1, -0.05) is 0 Å². The summed E-state index contributed by atoms with van der Waals surface area (Å²) in [5.41, 5.74) is 0.580. The highest BCUT2D eigenvalue weighted by atomic mass is 16.5. The molecule has 1 aromatic heterocycles. The van der Waals surface area contributed by atoms with Crippen LogP contribution in [0.4, 0.5) is 0 Å². The summed E-state index contributed by atoms with van der Waals surface area (Å²) < 4.78 is 6.15. The first-order chi connectivity index (χ1) is 9.83. The molecule has 1 aliphatic heterocycles. The Morgan fingerprint density at radius 3 is 2.80 bits per heavy atom. The first kappa shape index (κ1) is 12.2. The van der Waals surface area contributed by atoms with Crippen molar-refractivity contribution in [3.8, 4) is 5.75 Å². The van der Waals surface area contributed by atoms with Gasteiger partial charge in [0.25, 0.3) is 0 Å². The standard InChI is InChI=1S/C17H20N2O/c1-2-15(9-13-3-6-19-12-14(1)13)20-16-10-17(11-16)4-7-18-8-5-17/h1-3,6,9,12,16,18H,4-5,7-8,10-11H2. The number of rotatable bonds is 2. The maximum atomic E-state index is 6.15. The normalized spacial score (nSPS) is 21.8. The molecule has 0 atom stereocenters. The maximum Gasteiger partial charge on any atom is 0.120 e. The number of nitrogens with zero attached hydrogens (tertiary/aromatic N) is 1. The smallest absolute Gasteiger partial charge is 0.120 e. The number of fused-ring (bicyclic) bond motifs is 1. The van der Waals surface area contributed by atoms with Gasteiger partial charge in [0.15, 0.2) is 0 Å². The van der Waals surface area contributed by atoms with Gasteiger partial charge in [-0.25, -0.2) is 0 Å². The topological polar surface area (TPSA) is 34.1 Å². The van der Waals surface area contributed by atoms with E-state index in [1.54, 1.807) is 0 Å². The van der Waals surface area contributed by atoms with Crippen molar-refractivity contribution >= 4 is 10.8 Å². The number of ether oxygens (including phenoxy) is 1. The Bertz CT molecular complexity index is 611. The van der Waals surface area contributed by atoms with E-state index in [1.165, 1.54) is 49.5 Å². The fraction of sp³-hybridized carbons (Fsp3) is 0.471. The lowest BCUT2D eigenvalue weighted by Crippen LogP contribution is -2.49. The minimum Gasteiger partial charge on any atom is -0.490 e. The Morgan fingerprint density at radius 1 is 1.10 bits per heavy atom. The molecule has 3 heteroatoms. The Labute approximate surface area is 119 Å². The fourth-order valence-electron chi connectivity index (χ4n) is 3.68. The zero-order chi connectivity index (χ0) is 13.4. The van der Waals surface area contributed by atoms with Crippen LogP contribution in [0.2, 0.25) is 0 Å². The summed E-state index contributed by atoms with van der Waals surface area (Å²) in [5, 5.41) is 5.82. The molecule has 2 aromatic rings. The third kappa shape index (κ3) is 2.16. The van der Waals surface area contributed by atoms with Crippen LogP contribution in [0.15, 0.2) is 36.7 Å². The van der Waals surface area contributed by atoms with Crippen LogP contribution in [0.1, 0.15) is 25.7 Å². The summed E-state index contributed by atoms with van der Waals surface area (Å²) in [5.74, 6) is 0.998. The molecule has 1 saturated carbocycles. The molecule has 1 aromatic carbocycles. The highest BCUT2D eigenvalue weighted by Crippen LogP contribution is 2.49. The maximum absolute atomic E-state index is 6.15. The Hall–Kier alpha value is -1.61.